The van der Waals surface area contributed by atoms with Crippen LogP contribution in [0.25, 0.3) is 0 Å². The Morgan fingerprint density at radius 1 is 0.935 bits per heavy atom. The maximum absolute atomic E-state index is 12.9. The van der Waals surface area contributed by atoms with Crippen LogP contribution in [0.5, 0.6) is 0 Å². The number of carbonyl (C=O) groups is 3. The monoisotopic (exact) mass is 539 g/mol. The molecule has 0 spiro atoms. The van der Waals surface area contributed by atoms with Gasteiger partial charge in [-0.2, -0.15) is 0 Å². The van der Waals surface area contributed by atoms with Crippen molar-refractivity contribution in [2.45, 2.75) is 32.6 Å². The predicted octanol–water partition coefficient (Wildman–Crippen LogP) is 4.28. The van der Waals surface area contributed by atoms with Gasteiger partial charge in [0.25, 0.3) is 0 Å². The number of ether oxygens (including phenoxy) is 2. The first-order chi connectivity index (χ1) is 14.9. The van der Waals surface area contributed by atoms with Crippen molar-refractivity contribution < 1.29 is 29.0 Å². The van der Waals surface area contributed by atoms with Crippen molar-refractivity contribution in [3.63, 3.8) is 0 Å². The summed E-state index contributed by atoms with van der Waals surface area (Å²) >= 11 is 2.16. The minimum absolute atomic E-state index is 0.0122. The summed E-state index contributed by atoms with van der Waals surface area (Å²) in [4.78, 5) is 38.7. The molecule has 166 valence electrons. The van der Waals surface area contributed by atoms with E-state index in [0.717, 1.165) is 15.6 Å². The second-order valence-corrected chi connectivity index (χ2v) is 8.02. The van der Waals surface area contributed by atoms with Crippen LogP contribution in [0.3, 0.4) is 0 Å². The van der Waals surface area contributed by atoms with Crippen molar-refractivity contribution in [2.24, 2.45) is 5.92 Å². The van der Waals surface area contributed by atoms with Crippen LogP contribution in [0.4, 0.5) is 4.79 Å². The van der Waals surface area contributed by atoms with Crippen LogP contribution in [0, 0.1) is 5.92 Å². The molecule has 8 heteroatoms. The molecule has 0 saturated carbocycles. The molecule has 0 aliphatic heterocycles. The molecule has 2 aromatic carbocycles. The van der Waals surface area contributed by atoms with Gasteiger partial charge in [0, 0.05) is 11.0 Å². The van der Waals surface area contributed by atoms with Crippen molar-refractivity contribution >= 4 is 40.6 Å². The minimum Gasteiger partial charge on any atom is -0.481 e. The van der Waals surface area contributed by atoms with Crippen LogP contribution in [0.1, 0.15) is 24.5 Å². The first kappa shape index (κ1) is 24.6. The molecule has 0 aliphatic rings. The fraction of sp³-hybridized carbons (Fsp3) is 0.348. The van der Waals surface area contributed by atoms with Crippen LogP contribution < -0.4 is 0 Å². The molecule has 0 aliphatic carbocycles. The Balaban J connectivity index is 2.18. The van der Waals surface area contributed by atoms with Crippen molar-refractivity contribution in [1.82, 2.24) is 4.90 Å². The number of benzene rings is 2. The van der Waals surface area contributed by atoms with Crippen molar-refractivity contribution in [3.8, 4) is 0 Å². The molecule has 0 heterocycles. The number of carboxylic acid groups (broad SMARTS) is 1. The third-order valence-electron chi connectivity index (χ3n) is 4.64. The summed E-state index contributed by atoms with van der Waals surface area (Å²) < 4.78 is 11.5. The molecule has 0 bridgehead atoms. The first-order valence-corrected chi connectivity index (χ1v) is 11.4. The number of amides is 1. The topological polar surface area (TPSA) is 93.1 Å². The summed E-state index contributed by atoms with van der Waals surface area (Å²) in [6, 6.07) is 16.9. The second-order valence-electron chi connectivity index (χ2n) is 6.94. The Morgan fingerprint density at radius 2 is 1.45 bits per heavy atom. The van der Waals surface area contributed by atoms with Gasteiger partial charge in [0.15, 0.2) is 0 Å². The number of alkyl halides is 1. The minimum atomic E-state index is -1.30. The molecule has 2 atom stereocenters. The van der Waals surface area contributed by atoms with Gasteiger partial charge < -0.3 is 14.6 Å². The summed E-state index contributed by atoms with van der Waals surface area (Å²) in [5.41, 5.74) is 1.56. The molecule has 7 nitrogen and oxygen atoms in total. The van der Waals surface area contributed by atoms with Crippen LogP contribution in [-0.4, -0.2) is 45.1 Å². The second kappa shape index (κ2) is 12.9. The summed E-state index contributed by atoms with van der Waals surface area (Å²) in [6.07, 6.45) is -0.168. The fourth-order valence-electron chi connectivity index (χ4n) is 2.93. The van der Waals surface area contributed by atoms with E-state index in [2.05, 4.69) is 22.6 Å². The van der Waals surface area contributed by atoms with Gasteiger partial charge in [0.05, 0.1) is 5.92 Å². The number of nitrogens with zero attached hydrogens (tertiary/aromatic N) is 1. The van der Waals surface area contributed by atoms with E-state index in [0.29, 0.717) is 6.42 Å². The average molecular weight is 539 g/mol. The molecule has 2 aromatic rings. The summed E-state index contributed by atoms with van der Waals surface area (Å²) in [6.45, 7) is 1.58. The lowest BCUT2D eigenvalue weighted by Gasteiger charge is -2.31. The first-order valence-electron chi connectivity index (χ1n) is 9.90. The highest BCUT2D eigenvalue weighted by Gasteiger charge is 2.39. The Kier molecular flexibility index (Phi) is 10.3. The summed E-state index contributed by atoms with van der Waals surface area (Å²) in [7, 11) is 0. The molecule has 0 fully saturated rings. The quantitative estimate of drug-likeness (QED) is 0.260. The molecule has 31 heavy (non-hydrogen) atoms. The van der Waals surface area contributed by atoms with Crippen molar-refractivity contribution in [1.29, 1.82) is 0 Å². The molecule has 0 aromatic heterocycles. The van der Waals surface area contributed by atoms with Crippen LogP contribution >= 0.6 is 22.6 Å². The lowest BCUT2D eigenvalue weighted by molar-refractivity contribution is -0.159. The lowest BCUT2D eigenvalue weighted by atomic mass is 10.0. The standard InChI is InChI=1S/C23H26INO6/c1-17(21(26)27)20(22(28)30-15-18-9-4-2-5-10-18)25(14-8-13-24)23(29)31-16-19-11-6-3-7-12-19/h2-7,9-12,17,20H,8,13-16H2,1H3,(H,26,27)/t17?,20-/m0/s1. The summed E-state index contributed by atoms with van der Waals surface area (Å²) in [5.74, 6) is -3.14. The molecular weight excluding hydrogens is 513 g/mol. The van der Waals surface area contributed by atoms with Crippen LogP contribution in [0.2, 0.25) is 0 Å². The molecule has 2 rings (SSSR count). The fourth-order valence-corrected chi connectivity index (χ4v) is 3.27. The average Bonchev–Trinajstić information content (AvgIpc) is 2.79. The van der Waals surface area contributed by atoms with Gasteiger partial charge in [-0.3, -0.25) is 9.69 Å². The van der Waals surface area contributed by atoms with Gasteiger partial charge in [0.2, 0.25) is 0 Å². The van der Waals surface area contributed by atoms with Gasteiger partial charge in [-0.25, -0.2) is 9.59 Å². The van der Waals surface area contributed by atoms with Crippen LogP contribution in [-0.2, 0) is 32.3 Å². The van der Waals surface area contributed by atoms with E-state index in [9.17, 15) is 19.5 Å². The zero-order chi connectivity index (χ0) is 22.6. The van der Waals surface area contributed by atoms with Crippen molar-refractivity contribution in [3.05, 3.63) is 71.8 Å². The number of esters is 1. The maximum atomic E-state index is 12.9. The van der Waals surface area contributed by atoms with Gasteiger partial charge in [0.1, 0.15) is 19.3 Å². The van der Waals surface area contributed by atoms with E-state index in [1.165, 1.54) is 11.8 Å². The predicted molar refractivity (Wildman–Crippen MR) is 124 cm³/mol. The largest absolute Gasteiger partial charge is 0.481 e. The third-order valence-corrected chi connectivity index (χ3v) is 5.40. The molecule has 1 N–H and O–H groups in total. The SMILES string of the molecule is CC(C(=O)O)[C@@H](C(=O)OCc1ccccc1)N(CCCI)C(=O)OCc1ccccc1. The number of carboxylic acids is 1. The number of halogens is 1. The van der Waals surface area contributed by atoms with Gasteiger partial charge >= 0.3 is 18.0 Å². The Labute approximate surface area is 195 Å². The molecular formula is C23H26INO6. The summed E-state index contributed by atoms with van der Waals surface area (Å²) in [5, 5.41) is 9.56. The lowest BCUT2D eigenvalue weighted by Crippen LogP contribution is -2.51. The number of carbonyl (C=O) groups excluding carboxylic acids is 2. The smallest absolute Gasteiger partial charge is 0.410 e. The Bertz CT molecular complexity index is 846. The number of hydrogen-bond donors (Lipinski definition) is 1. The Morgan fingerprint density at radius 3 is 1.94 bits per heavy atom. The van der Waals surface area contributed by atoms with E-state index in [4.69, 9.17) is 9.47 Å². The number of rotatable bonds is 11. The highest BCUT2D eigenvalue weighted by molar-refractivity contribution is 14.1. The van der Waals surface area contributed by atoms with Gasteiger partial charge in [-0.15, -0.1) is 0 Å². The molecule has 1 amide bonds. The number of hydrogen-bond acceptors (Lipinski definition) is 5. The van der Waals surface area contributed by atoms with Gasteiger partial charge in [-0.05, 0) is 24.5 Å². The Hall–Kier alpha value is -2.62. The van der Waals surface area contributed by atoms with Crippen LogP contribution in [0.15, 0.2) is 60.7 Å². The van der Waals surface area contributed by atoms with E-state index in [1.54, 1.807) is 12.1 Å². The van der Waals surface area contributed by atoms with E-state index < -0.39 is 30.0 Å². The highest BCUT2D eigenvalue weighted by atomic mass is 127. The number of aliphatic carboxylic acids is 1. The molecule has 0 saturated heterocycles. The third kappa shape index (κ3) is 7.86. The zero-order valence-electron chi connectivity index (χ0n) is 17.3. The maximum Gasteiger partial charge on any atom is 0.410 e. The molecule has 1 unspecified atom stereocenters. The van der Waals surface area contributed by atoms with E-state index >= 15 is 0 Å². The van der Waals surface area contributed by atoms with E-state index in [1.807, 2.05) is 48.5 Å². The normalized spacial score (nSPS) is 12.5. The van der Waals surface area contributed by atoms with Gasteiger partial charge in [-0.1, -0.05) is 83.3 Å². The molecule has 0 radical (unpaired) electrons. The zero-order valence-corrected chi connectivity index (χ0v) is 19.4. The highest BCUT2D eigenvalue weighted by Crippen LogP contribution is 2.18. The van der Waals surface area contributed by atoms with E-state index in [-0.39, 0.29) is 19.8 Å². The van der Waals surface area contributed by atoms with Crippen molar-refractivity contribution in [2.75, 3.05) is 11.0 Å².